The van der Waals surface area contributed by atoms with E-state index in [-0.39, 0.29) is 17.6 Å². The molecule has 8 heteroatoms. The van der Waals surface area contributed by atoms with E-state index < -0.39 is 4.87 Å². The molecule has 7 nitrogen and oxygen atoms in total. The zero-order chi connectivity index (χ0) is 19.2. The van der Waals surface area contributed by atoms with Crippen molar-refractivity contribution < 1.29 is 23.8 Å². The molecule has 0 aromatic heterocycles. The fraction of sp³-hybridized carbons (Fsp3) is 0.263. The Kier molecular flexibility index (Phi) is 4.15. The van der Waals surface area contributed by atoms with Gasteiger partial charge in [-0.15, -0.1) is 11.8 Å². The minimum Gasteiger partial charge on any atom is -0.493 e. The van der Waals surface area contributed by atoms with Gasteiger partial charge in [0.1, 0.15) is 0 Å². The number of ether oxygens (including phenoxy) is 3. The van der Waals surface area contributed by atoms with Crippen molar-refractivity contribution in [2.75, 3.05) is 37.3 Å². The van der Waals surface area contributed by atoms with Crippen molar-refractivity contribution in [3.05, 3.63) is 42.0 Å². The van der Waals surface area contributed by atoms with Crippen LogP contribution in [0.1, 0.15) is 5.56 Å². The number of amides is 2. The van der Waals surface area contributed by atoms with Crippen LogP contribution >= 0.6 is 11.8 Å². The fourth-order valence-corrected chi connectivity index (χ4v) is 4.89. The number of nitrogens with zero attached hydrogens (tertiary/aromatic N) is 1. The number of nitrogens with one attached hydrogen (secondary N) is 1. The zero-order valence-corrected chi connectivity index (χ0v) is 15.9. The first-order valence-electron chi connectivity index (χ1n) is 8.24. The Hall–Kier alpha value is -2.87. The van der Waals surface area contributed by atoms with Gasteiger partial charge >= 0.3 is 0 Å². The summed E-state index contributed by atoms with van der Waals surface area (Å²) >= 11 is 1.30. The van der Waals surface area contributed by atoms with Crippen LogP contribution in [0, 0.1) is 0 Å². The van der Waals surface area contributed by atoms with Gasteiger partial charge in [-0.05, 0) is 6.07 Å². The van der Waals surface area contributed by atoms with Crippen LogP contribution in [0.4, 0.5) is 11.4 Å². The molecule has 2 heterocycles. The normalized spacial score (nSPS) is 20.6. The number of fused-ring (bicyclic) bond motifs is 2. The maximum absolute atomic E-state index is 13.0. The van der Waals surface area contributed by atoms with Crippen LogP contribution in [0.3, 0.4) is 0 Å². The molecule has 2 aromatic carbocycles. The van der Waals surface area contributed by atoms with Gasteiger partial charge in [-0.3, -0.25) is 14.5 Å². The van der Waals surface area contributed by atoms with Crippen molar-refractivity contribution >= 4 is 35.0 Å². The van der Waals surface area contributed by atoms with Crippen LogP contribution in [-0.4, -0.2) is 38.9 Å². The first-order chi connectivity index (χ1) is 13.1. The van der Waals surface area contributed by atoms with Crippen molar-refractivity contribution in [2.24, 2.45) is 0 Å². The Morgan fingerprint density at radius 2 is 1.70 bits per heavy atom. The molecule has 2 aromatic rings. The Morgan fingerprint density at radius 1 is 1.04 bits per heavy atom. The molecular weight excluding hydrogens is 368 g/mol. The molecule has 0 unspecified atom stereocenters. The van der Waals surface area contributed by atoms with Gasteiger partial charge in [0.05, 0.1) is 32.8 Å². The molecule has 0 radical (unpaired) electrons. The summed E-state index contributed by atoms with van der Waals surface area (Å²) < 4.78 is 16.2. The number of benzene rings is 2. The Balaban J connectivity index is 1.93. The van der Waals surface area contributed by atoms with Crippen molar-refractivity contribution in [3.8, 4) is 17.2 Å². The van der Waals surface area contributed by atoms with Crippen LogP contribution in [-0.2, 0) is 14.5 Å². The van der Waals surface area contributed by atoms with E-state index in [1.54, 1.807) is 12.1 Å². The van der Waals surface area contributed by atoms with E-state index in [1.165, 1.54) is 38.0 Å². The molecule has 1 atom stereocenters. The second-order valence-electron chi connectivity index (χ2n) is 6.05. The van der Waals surface area contributed by atoms with Crippen LogP contribution in [0.5, 0.6) is 17.2 Å². The van der Waals surface area contributed by atoms with E-state index in [4.69, 9.17) is 14.2 Å². The molecule has 1 fully saturated rings. The van der Waals surface area contributed by atoms with Crippen LogP contribution in [0.25, 0.3) is 0 Å². The highest BCUT2D eigenvalue weighted by Gasteiger charge is 2.58. The number of hydrogen-bond donors (Lipinski definition) is 1. The Bertz CT molecular complexity index is 922. The van der Waals surface area contributed by atoms with E-state index in [1.807, 2.05) is 24.3 Å². The number of hydrogen-bond acceptors (Lipinski definition) is 6. The quantitative estimate of drug-likeness (QED) is 0.870. The molecule has 0 saturated carbocycles. The number of methoxy groups -OCH3 is 3. The molecule has 1 saturated heterocycles. The van der Waals surface area contributed by atoms with E-state index in [0.717, 1.165) is 5.56 Å². The second-order valence-corrected chi connectivity index (χ2v) is 7.21. The Labute approximate surface area is 160 Å². The highest BCUT2D eigenvalue weighted by molar-refractivity contribution is 8.02. The van der Waals surface area contributed by atoms with Gasteiger partial charge in [-0.1, -0.05) is 18.2 Å². The molecule has 0 bridgehead atoms. The molecule has 2 amide bonds. The number of thioether (sulfide) groups is 1. The van der Waals surface area contributed by atoms with E-state index in [9.17, 15) is 9.59 Å². The average Bonchev–Trinajstić information content (AvgIpc) is 3.18. The third-order valence-electron chi connectivity index (χ3n) is 4.72. The molecule has 0 aliphatic carbocycles. The SMILES string of the molecule is COc1cc(N2C(=O)CS[C@@]23C(=O)Nc2ccccc23)cc(OC)c1OC. The average molecular weight is 386 g/mol. The minimum atomic E-state index is -1.15. The molecule has 1 N–H and O–H groups in total. The lowest BCUT2D eigenvalue weighted by Gasteiger charge is -2.32. The predicted molar refractivity (Wildman–Crippen MR) is 103 cm³/mol. The predicted octanol–water partition coefficient (Wildman–Crippen LogP) is 2.60. The van der Waals surface area contributed by atoms with Gasteiger partial charge < -0.3 is 19.5 Å². The largest absolute Gasteiger partial charge is 0.493 e. The lowest BCUT2D eigenvalue weighted by atomic mass is 10.0. The van der Waals surface area contributed by atoms with Gasteiger partial charge in [0, 0.05) is 23.4 Å². The van der Waals surface area contributed by atoms with Gasteiger partial charge in [-0.25, -0.2) is 0 Å². The molecule has 4 rings (SSSR count). The molecule has 2 aliphatic heterocycles. The third kappa shape index (κ3) is 2.36. The maximum atomic E-state index is 13.0. The van der Waals surface area contributed by atoms with Gasteiger partial charge in [0.15, 0.2) is 11.5 Å². The summed E-state index contributed by atoms with van der Waals surface area (Å²) in [4.78, 5) is 26.2. The summed E-state index contributed by atoms with van der Waals surface area (Å²) in [6, 6.07) is 10.8. The van der Waals surface area contributed by atoms with Crippen molar-refractivity contribution in [2.45, 2.75) is 4.87 Å². The summed E-state index contributed by atoms with van der Waals surface area (Å²) in [6.07, 6.45) is 0. The summed E-state index contributed by atoms with van der Waals surface area (Å²) in [5.74, 6) is 1.04. The van der Waals surface area contributed by atoms with Gasteiger partial charge in [-0.2, -0.15) is 0 Å². The second kappa shape index (κ2) is 6.38. The standard InChI is InChI=1S/C19H18N2O5S/c1-24-14-8-11(9-15(25-2)17(14)26-3)21-16(22)10-27-19(21)12-6-4-5-7-13(12)20-18(19)23/h4-9H,10H2,1-3H3,(H,20,23)/t19-/m0/s1. The lowest BCUT2D eigenvalue weighted by Crippen LogP contribution is -2.47. The van der Waals surface area contributed by atoms with Crippen LogP contribution in [0.2, 0.25) is 0 Å². The summed E-state index contributed by atoms with van der Waals surface area (Å²) in [5, 5.41) is 2.89. The van der Waals surface area contributed by atoms with E-state index >= 15 is 0 Å². The third-order valence-corrected chi connectivity index (χ3v) is 6.12. The maximum Gasteiger partial charge on any atom is 0.266 e. The molecular formula is C19H18N2O5S. The van der Waals surface area contributed by atoms with E-state index in [0.29, 0.717) is 28.6 Å². The fourth-order valence-electron chi connectivity index (χ4n) is 3.58. The molecule has 140 valence electrons. The number of carbonyl (C=O) groups is 2. The monoisotopic (exact) mass is 386 g/mol. The topological polar surface area (TPSA) is 77.1 Å². The molecule has 2 aliphatic rings. The first kappa shape index (κ1) is 17.5. The highest BCUT2D eigenvalue weighted by Crippen LogP contribution is 2.55. The first-order valence-corrected chi connectivity index (χ1v) is 9.23. The number of rotatable bonds is 4. The van der Waals surface area contributed by atoms with Crippen molar-refractivity contribution in [3.63, 3.8) is 0 Å². The summed E-state index contributed by atoms with van der Waals surface area (Å²) in [6.45, 7) is 0. The molecule has 1 spiro atoms. The summed E-state index contributed by atoms with van der Waals surface area (Å²) in [5.41, 5.74) is 1.98. The molecule has 27 heavy (non-hydrogen) atoms. The number of para-hydroxylation sites is 1. The van der Waals surface area contributed by atoms with Crippen LogP contribution < -0.4 is 24.4 Å². The van der Waals surface area contributed by atoms with Crippen molar-refractivity contribution in [1.29, 1.82) is 0 Å². The minimum absolute atomic E-state index is 0.166. The van der Waals surface area contributed by atoms with Crippen LogP contribution in [0.15, 0.2) is 36.4 Å². The van der Waals surface area contributed by atoms with E-state index in [2.05, 4.69) is 5.32 Å². The highest BCUT2D eigenvalue weighted by atomic mass is 32.2. The number of anilines is 2. The lowest BCUT2D eigenvalue weighted by molar-refractivity contribution is -0.122. The van der Waals surface area contributed by atoms with Gasteiger partial charge in [0.25, 0.3) is 5.91 Å². The Morgan fingerprint density at radius 3 is 2.33 bits per heavy atom. The smallest absolute Gasteiger partial charge is 0.266 e. The van der Waals surface area contributed by atoms with Crippen molar-refractivity contribution in [1.82, 2.24) is 0 Å². The zero-order valence-electron chi connectivity index (χ0n) is 15.1. The number of carbonyl (C=O) groups excluding carboxylic acids is 2. The van der Waals surface area contributed by atoms with Gasteiger partial charge in [0.2, 0.25) is 16.5 Å². The summed E-state index contributed by atoms with van der Waals surface area (Å²) in [7, 11) is 4.53.